The zero-order valence-electron chi connectivity index (χ0n) is 16.9. The quantitative estimate of drug-likeness (QED) is 0.408. The maximum absolute atomic E-state index is 9.78. The number of nitrogens with zero attached hydrogens (tertiary/aromatic N) is 4. The molecule has 5 rings (SSSR count). The van der Waals surface area contributed by atoms with Crippen LogP contribution in [0.3, 0.4) is 0 Å². The summed E-state index contributed by atoms with van der Waals surface area (Å²) in [6.07, 6.45) is 0.851. The van der Waals surface area contributed by atoms with Crippen LogP contribution in [0, 0.1) is 0 Å². The van der Waals surface area contributed by atoms with E-state index in [4.69, 9.17) is 0 Å². The van der Waals surface area contributed by atoms with E-state index in [-0.39, 0.29) is 0 Å². The first kappa shape index (κ1) is 18.8. The molecule has 1 saturated heterocycles. The lowest BCUT2D eigenvalue weighted by molar-refractivity contribution is 0.228. The zero-order valence-corrected chi connectivity index (χ0v) is 16.9. The molecule has 8 heteroatoms. The van der Waals surface area contributed by atoms with Gasteiger partial charge in [0.2, 0.25) is 0 Å². The highest BCUT2D eigenvalue weighted by Crippen LogP contribution is 2.31. The van der Waals surface area contributed by atoms with E-state index >= 15 is 0 Å². The molecule has 4 aromatic rings. The number of nitrogens with one attached hydrogen (secondary N) is 3. The number of rotatable bonds is 5. The number of aromatic amines is 2. The largest absolute Gasteiger partial charge is 0.508 e. The number of aromatic hydroxyl groups is 1. The van der Waals surface area contributed by atoms with Crippen molar-refractivity contribution in [1.82, 2.24) is 35.6 Å². The van der Waals surface area contributed by atoms with Crippen molar-refractivity contribution in [1.29, 1.82) is 0 Å². The van der Waals surface area contributed by atoms with Crippen LogP contribution in [0.2, 0.25) is 0 Å². The summed E-state index contributed by atoms with van der Waals surface area (Å²) >= 11 is 0. The minimum absolute atomic E-state index is 0.294. The maximum atomic E-state index is 9.78. The second-order valence-electron chi connectivity index (χ2n) is 7.65. The normalized spacial score (nSPS) is 15.1. The van der Waals surface area contributed by atoms with Gasteiger partial charge in [-0.2, -0.15) is 10.2 Å². The molecule has 0 spiro atoms. The van der Waals surface area contributed by atoms with Crippen molar-refractivity contribution >= 4 is 10.9 Å². The minimum atomic E-state index is 0.294. The third-order valence-electron chi connectivity index (χ3n) is 5.67. The van der Waals surface area contributed by atoms with Gasteiger partial charge in [-0.3, -0.25) is 15.1 Å². The molecule has 3 heterocycles. The monoisotopic (exact) mass is 403 g/mol. The molecule has 0 atom stereocenters. The lowest BCUT2D eigenvalue weighted by Crippen LogP contribution is -2.43. The van der Waals surface area contributed by atoms with Crippen molar-refractivity contribution < 1.29 is 5.11 Å². The molecule has 0 aliphatic carbocycles. The SMILES string of the molecule is CCc1cc(O)ccc1-c1ccc2c(-c3nc(CN4CCNCC4)n[nH]3)n[nH]c2c1. The standard InChI is InChI=1S/C22H25N7O/c1-2-14-11-16(30)4-6-17(14)15-3-5-18-19(12-15)25-27-21(18)22-24-20(26-28-22)13-29-9-7-23-8-10-29/h3-6,11-12,23,30H,2,7-10,13H2,1H3,(H,25,27)(H,24,26,28). The molecule has 0 saturated carbocycles. The highest BCUT2D eigenvalue weighted by molar-refractivity contribution is 5.94. The van der Waals surface area contributed by atoms with Crippen molar-refractivity contribution in [2.75, 3.05) is 26.2 Å². The van der Waals surface area contributed by atoms with E-state index in [2.05, 4.69) is 60.7 Å². The van der Waals surface area contributed by atoms with Crippen molar-refractivity contribution in [2.45, 2.75) is 19.9 Å². The van der Waals surface area contributed by atoms with Gasteiger partial charge in [-0.1, -0.05) is 19.1 Å². The summed E-state index contributed by atoms with van der Waals surface area (Å²) in [5.41, 5.74) is 5.04. The molecule has 2 aromatic carbocycles. The van der Waals surface area contributed by atoms with Crippen molar-refractivity contribution in [3.63, 3.8) is 0 Å². The molecule has 0 bridgehead atoms. The first-order chi connectivity index (χ1) is 14.7. The predicted molar refractivity (Wildman–Crippen MR) is 116 cm³/mol. The van der Waals surface area contributed by atoms with Crippen LogP contribution < -0.4 is 5.32 Å². The predicted octanol–water partition coefficient (Wildman–Crippen LogP) is 2.69. The van der Waals surface area contributed by atoms with Gasteiger partial charge in [0, 0.05) is 31.6 Å². The summed E-state index contributed by atoms with van der Waals surface area (Å²) in [5, 5.41) is 29.2. The fourth-order valence-corrected chi connectivity index (χ4v) is 4.06. The Morgan fingerprint density at radius 1 is 1.03 bits per heavy atom. The van der Waals surface area contributed by atoms with Gasteiger partial charge >= 0.3 is 0 Å². The van der Waals surface area contributed by atoms with Gasteiger partial charge in [0.1, 0.15) is 11.4 Å². The van der Waals surface area contributed by atoms with E-state index in [1.54, 1.807) is 6.07 Å². The summed E-state index contributed by atoms with van der Waals surface area (Å²) in [6.45, 7) is 6.86. The topological polar surface area (TPSA) is 106 Å². The van der Waals surface area contributed by atoms with Gasteiger partial charge in [-0.15, -0.1) is 0 Å². The Morgan fingerprint density at radius 3 is 2.73 bits per heavy atom. The third-order valence-corrected chi connectivity index (χ3v) is 5.67. The van der Waals surface area contributed by atoms with E-state index in [0.29, 0.717) is 11.6 Å². The number of phenols is 1. The second-order valence-corrected chi connectivity index (χ2v) is 7.65. The number of phenolic OH excluding ortho intramolecular Hbond substituents is 1. The van der Waals surface area contributed by atoms with Crippen molar-refractivity contribution in [3.05, 3.63) is 47.8 Å². The maximum Gasteiger partial charge on any atom is 0.177 e. The Morgan fingerprint density at radius 2 is 1.90 bits per heavy atom. The van der Waals surface area contributed by atoms with Crippen LogP contribution in [0.4, 0.5) is 0 Å². The van der Waals surface area contributed by atoms with Gasteiger partial charge in [-0.25, -0.2) is 4.98 Å². The number of H-pyrrole nitrogens is 2. The smallest absolute Gasteiger partial charge is 0.177 e. The van der Waals surface area contributed by atoms with Crippen molar-refractivity contribution in [3.8, 4) is 28.4 Å². The van der Waals surface area contributed by atoms with Crippen LogP contribution in [-0.2, 0) is 13.0 Å². The fraction of sp³-hybridized carbons (Fsp3) is 0.318. The third kappa shape index (κ3) is 3.55. The van der Waals surface area contributed by atoms with Crippen LogP contribution >= 0.6 is 0 Å². The molecule has 8 nitrogen and oxygen atoms in total. The number of fused-ring (bicyclic) bond motifs is 1. The number of piperazine rings is 1. The Kier molecular flexibility index (Phi) is 4.94. The Bertz CT molecular complexity index is 1170. The van der Waals surface area contributed by atoms with Crippen LogP contribution in [0.5, 0.6) is 5.75 Å². The van der Waals surface area contributed by atoms with Crippen LogP contribution in [0.1, 0.15) is 18.3 Å². The van der Waals surface area contributed by atoms with Crippen LogP contribution in [-0.4, -0.2) is 61.6 Å². The number of hydrogen-bond acceptors (Lipinski definition) is 6. The average Bonchev–Trinajstić information content (AvgIpc) is 3.40. The highest BCUT2D eigenvalue weighted by Gasteiger charge is 2.17. The molecule has 154 valence electrons. The number of aromatic nitrogens is 5. The van der Waals surface area contributed by atoms with E-state index in [1.807, 2.05) is 12.1 Å². The Labute approximate surface area is 174 Å². The summed E-state index contributed by atoms with van der Waals surface area (Å²) in [5.74, 6) is 1.76. The van der Waals surface area contributed by atoms with Gasteiger partial charge in [0.15, 0.2) is 11.6 Å². The Balaban J connectivity index is 1.43. The molecule has 1 aliphatic rings. The second kappa shape index (κ2) is 7.89. The molecule has 2 aromatic heterocycles. The number of hydrogen-bond donors (Lipinski definition) is 4. The molecule has 1 aliphatic heterocycles. The van der Waals surface area contributed by atoms with Crippen molar-refractivity contribution in [2.24, 2.45) is 0 Å². The first-order valence-corrected chi connectivity index (χ1v) is 10.4. The van der Waals surface area contributed by atoms with E-state index in [1.165, 1.54) is 0 Å². The summed E-state index contributed by atoms with van der Waals surface area (Å²) in [6, 6.07) is 11.8. The average molecular weight is 403 g/mol. The van der Waals surface area contributed by atoms with Crippen LogP contribution in [0.25, 0.3) is 33.5 Å². The zero-order chi connectivity index (χ0) is 20.5. The highest BCUT2D eigenvalue weighted by atomic mass is 16.3. The molecule has 0 unspecified atom stereocenters. The van der Waals surface area contributed by atoms with Gasteiger partial charge in [0.05, 0.1) is 12.1 Å². The molecule has 0 radical (unpaired) electrons. The molecule has 30 heavy (non-hydrogen) atoms. The Hall–Kier alpha value is -3.23. The minimum Gasteiger partial charge on any atom is -0.508 e. The summed E-state index contributed by atoms with van der Waals surface area (Å²) < 4.78 is 0. The first-order valence-electron chi connectivity index (χ1n) is 10.4. The molecule has 4 N–H and O–H groups in total. The molecular formula is C22H25N7O. The van der Waals surface area contributed by atoms with E-state index in [9.17, 15) is 5.11 Å². The number of aryl methyl sites for hydroxylation is 1. The van der Waals surface area contributed by atoms with E-state index < -0.39 is 0 Å². The fourth-order valence-electron chi connectivity index (χ4n) is 4.06. The molecule has 0 amide bonds. The van der Waals surface area contributed by atoms with Gasteiger partial charge in [0.25, 0.3) is 0 Å². The van der Waals surface area contributed by atoms with Gasteiger partial charge in [-0.05, 0) is 47.4 Å². The lowest BCUT2D eigenvalue weighted by atomic mass is 9.97. The summed E-state index contributed by atoms with van der Waals surface area (Å²) in [7, 11) is 0. The lowest BCUT2D eigenvalue weighted by Gasteiger charge is -2.25. The molecule has 1 fully saturated rings. The van der Waals surface area contributed by atoms with Crippen LogP contribution in [0.15, 0.2) is 36.4 Å². The van der Waals surface area contributed by atoms with E-state index in [0.717, 1.165) is 78.3 Å². The summed E-state index contributed by atoms with van der Waals surface area (Å²) in [4.78, 5) is 7.02. The number of benzene rings is 2. The molecular weight excluding hydrogens is 378 g/mol. The van der Waals surface area contributed by atoms with Gasteiger partial charge < -0.3 is 10.4 Å².